The second-order valence-electron chi connectivity index (χ2n) is 8.44. The Labute approximate surface area is 183 Å². The number of thiazole rings is 1. The molecule has 0 aliphatic carbocycles. The smallest absolute Gasteiger partial charge is 0.332 e. The molecule has 1 aromatic carbocycles. The third-order valence-electron chi connectivity index (χ3n) is 6.37. The predicted molar refractivity (Wildman–Crippen MR) is 118 cm³/mol. The zero-order valence-corrected chi connectivity index (χ0v) is 18.5. The molecule has 2 aromatic heterocycles. The van der Waals surface area contributed by atoms with Crippen molar-refractivity contribution >= 4 is 11.3 Å². The van der Waals surface area contributed by atoms with Gasteiger partial charge in [0, 0.05) is 30.4 Å². The minimum Gasteiger partial charge on any atom is -0.497 e. The number of fused-ring (bicyclic) bond motifs is 2. The van der Waals surface area contributed by atoms with Crippen LogP contribution in [0.2, 0.25) is 0 Å². The highest BCUT2D eigenvalue weighted by atomic mass is 32.1. The highest BCUT2D eigenvalue weighted by Gasteiger charge is 2.47. The fraction of sp³-hybridized carbons (Fsp3) is 0.455. The van der Waals surface area contributed by atoms with Crippen LogP contribution in [-0.2, 0) is 25.0 Å². The van der Waals surface area contributed by atoms with Gasteiger partial charge in [-0.25, -0.2) is 9.67 Å². The van der Waals surface area contributed by atoms with Crippen molar-refractivity contribution in [1.82, 2.24) is 24.2 Å². The van der Waals surface area contributed by atoms with Gasteiger partial charge in [-0.3, -0.25) is 19.1 Å². The van der Waals surface area contributed by atoms with Crippen LogP contribution in [-0.4, -0.2) is 44.4 Å². The summed E-state index contributed by atoms with van der Waals surface area (Å²) < 4.78 is 8.25. The molecule has 0 bridgehead atoms. The molecule has 31 heavy (non-hydrogen) atoms. The average molecular weight is 440 g/mol. The van der Waals surface area contributed by atoms with Gasteiger partial charge in [-0.15, -0.1) is 11.3 Å². The lowest BCUT2D eigenvalue weighted by Crippen LogP contribution is -2.45. The van der Waals surface area contributed by atoms with Crippen LogP contribution in [0.3, 0.4) is 0 Å². The van der Waals surface area contributed by atoms with Crippen LogP contribution >= 0.6 is 11.3 Å². The second kappa shape index (κ2) is 7.72. The number of nitrogens with zero attached hydrogens (tertiary/aromatic N) is 5. The summed E-state index contributed by atoms with van der Waals surface area (Å²) in [5.41, 5.74) is 0.729. The molecular weight excluding hydrogens is 414 g/mol. The molecule has 3 aromatic rings. The van der Waals surface area contributed by atoms with Gasteiger partial charge in [-0.05, 0) is 44.0 Å². The number of rotatable bonds is 5. The normalized spacial score (nSPS) is 20.5. The van der Waals surface area contributed by atoms with Crippen molar-refractivity contribution in [2.45, 2.75) is 44.8 Å². The van der Waals surface area contributed by atoms with Gasteiger partial charge in [-0.1, -0.05) is 12.1 Å². The third-order valence-corrected chi connectivity index (χ3v) is 7.20. The van der Waals surface area contributed by atoms with E-state index in [1.54, 1.807) is 11.7 Å². The van der Waals surface area contributed by atoms with Crippen LogP contribution in [0.5, 0.6) is 5.75 Å². The first-order valence-corrected chi connectivity index (χ1v) is 11.3. The van der Waals surface area contributed by atoms with E-state index in [1.165, 1.54) is 21.6 Å². The maximum Gasteiger partial charge on any atom is 0.332 e. The van der Waals surface area contributed by atoms with Crippen molar-refractivity contribution < 1.29 is 4.74 Å². The number of hydrogen-bond acceptors (Lipinski definition) is 7. The topological polar surface area (TPSA) is 82.2 Å². The lowest BCUT2D eigenvalue weighted by Gasteiger charge is -2.24. The van der Waals surface area contributed by atoms with Crippen molar-refractivity contribution in [2.75, 3.05) is 20.2 Å². The lowest BCUT2D eigenvalue weighted by molar-refractivity contribution is 0.297. The quantitative estimate of drug-likeness (QED) is 0.564. The van der Waals surface area contributed by atoms with Crippen LogP contribution < -0.4 is 15.9 Å². The SMILES string of the molecule is COc1cccc(CN2CC[C@]3(CCn4c3nn(Cc3csc(C)n3)c(=O)c4=O)C2)c1. The zero-order valence-electron chi connectivity index (χ0n) is 17.7. The van der Waals surface area contributed by atoms with Crippen molar-refractivity contribution in [1.29, 1.82) is 0 Å². The number of likely N-dealkylation sites (tertiary alicyclic amines) is 1. The van der Waals surface area contributed by atoms with E-state index in [0.717, 1.165) is 54.8 Å². The van der Waals surface area contributed by atoms with Gasteiger partial charge in [0.2, 0.25) is 0 Å². The Balaban J connectivity index is 1.43. The van der Waals surface area contributed by atoms with Crippen LogP contribution in [0, 0.1) is 6.92 Å². The molecule has 5 rings (SSSR count). The van der Waals surface area contributed by atoms with E-state index in [-0.39, 0.29) is 12.0 Å². The molecule has 0 amide bonds. The van der Waals surface area contributed by atoms with Gasteiger partial charge < -0.3 is 4.74 Å². The van der Waals surface area contributed by atoms with E-state index in [9.17, 15) is 9.59 Å². The van der Waals surface area contributed by atoms with Gasteiger partial charge in [0.1, 0.15) is 11.6 Å². The van der Waals surface area contributed by atoms with Crippen LogP contribution in [0.25, 0.3) is 0 Å². The van der Waals surface area contributed by atoms with Crippen LogP contribution in [0.4, 0.5) is 0 Å². The number of benzene rings is 1. The molecule has 1 saturated heterocycles. The summed E-state index contributed by atoms with van der Waals surface area (Å²) in [5, 5.41) is 7.55. The highest BCUT2D eigenvalue weighted by Crippen LogP contribution is 2.40. The molecule has 1 spiro atoms. The van der Waals surface area contributed by atoms with Gasteiger partial charge in [0.25, 0.3) is 0 Å². The molecule has 0 N–H and O–H groups in total. The van der Waals surface area contributed by atoms with E-state index < -0.39 is 11.1 Å². The molecule has 0 saturated carbocycles. The molecular formula is C22H25N5O3S. The Morgan fingerprint density at radius 2 is 2.00 bits per heavy atom. The Hall–Kier alpha value is -2.78. The Morgan fingerprint density at radius 3 is 2.77 bits per heavy atom. The van der Waals surface area contributed by atoms with E-state index in [0.29, 0.717) is 6.54 Å². The van der Waals surface area contributed by atoms with E-state index in [4.69, 9.17) is 9.84 Å². The first kappa shape index (κ1) is 20.1. The fourth-order valence-corrected chi connectivity index (χ4v) is 5.43. The van der Waals surface area contributed by atoms with Crippen molar-refractivity contribution in [3.8, 4) is 5.75 Å². The fourth-order valence-electron chi connectivity index (χ4n) is 4.82. The minimum absolute atomic E-state index is 0.189. The minimum atomic E-state index is -0.572. The van der Waals surface area contributed by atoms with Gasteiger partial charge in [-0.2, -0.15) is 5.10 Å². The predicted octanol–water partition coefficient (Wildman–Crippen LogP) is 1.77. The van der Waals surface area contributed by atoms with Gasteiger partial charge in [0.05, 0.1) is 24.4 Å². The summed E-state index contributed by atoms with van der Waals surface area (Å²) in [6, 6.07) is 8.11. The zero-order chi connectivity index (χ0) is 21.6. The largest absolute Gasteiger partial charge is 0.497 e. The van der Waals surface area contributed by atoms with E-state index in [1.807, 2.05) is 24.4 Å². The summed E-state index contributed by atoms with van der Waals surface area (Å²) in [5.74, 6) is 1.60. The Kier molecular flexibility index (Phi) is 5.02. The lowest BCUT2D eigenvalue weighted by atomic mass is 9.85. The first-order valence-electron chi connectivity index (χ1n) is 10.5. The molecule has 162 valence electrons. The summed E-state index contributed by atoms with van der Waals surface area (Å²) in [7, 11) is 1.68. The first-order chi connectivity index (χ1) is 15.0. The maximum absolute atomic E-state index is 12.8. The van der Waals surface area contributed by atoms with Crippen molar-refractivity contribution in [3.63, 3.8) is 0 Å². The summed E-state index contributed by atoms with van der Waals surface area (Å²) >= 11 is 1.53. The van der Waals surface area contributed by atoms with Crippen molar-refractivity contribution in [2.24, 2.45) is 0 Å². The molecule has 0 radical (unpaired) electrons. The molecule has 9 heteroatoms. The van der Waals surface area contributed by atoms with Crippen LogP contribution in [0.15, 0.2) is 39.2 Å². The standard InChI is InChI=1S/C22H25N5O3S/c1-15-23-17(13-31-15)12-27-20(29)19(28)26-9-7-22(21(26)24-27)6-8-25(14-22)11-16-4-3-5-18(10-16)30-2/h3-5,10,13H,6-9,11-12,14H2,1-2H3/t22-/m0/s1. The van der Waals surface area contributed by atoms with Crippen LogP contribution in [0.1, 0.15) is 34.9 Å². The maximum atomic E-state index is 12.8. The number of hydrogen-bond donors (Lipinski definition) is 0. The summed E-state index contributed by atoms with van der Waals surface area (Å²) in [6.07, 6.45) is 1.76. The second-order valence-corrected chi connectivity index (χ2v) is 9.51. The molecule has 2 aliphatic rings. The monoisotopic (exact) mass is 439 g/mol. The molecule has 8 nitrogen and oxygen atoms in total. The van der Waals surface area contributed by atoms with Gasteiger partial charge in [0.15, 0.2) is 0 Å². The third kappa shape index (κ3) is 3.61. The molecule has 2 aliphatic heterocycles. The molecule has 0 unspecified atom stereocenters. The molecule has 1 atom stereocenters. The number of ether oxygens (including phenoxy) is 1. The average Bonchev–Trinajstić information content (AvgIpc) is 3.46. The number of methoxy groups -OCH3 is 1. The van der Waals surface area contributed by atoms with E-state index >= 15 is 0 Å². The molecule has 1 fully saturated rings. The Morgan fingerprint density at radius 1 is 1.16 bits per heavy atom. The van der Waals surface area contributed by atoms with Crippen molar-refractivity contribution in [3.05, 3.63) is 72.4 Å². The van der Waals surface area contributed by atoms with E-state index in [2.05, 4.69) is 22.0 Å². The number of aromatic nitrogens is 4. The summed E-state index contributed by atoms with van der Waals surface area (Å²) in [6.45, 7) is 5.28. The Bertz CT molecular complexity index is 1250. The summed E-state index contributed by atoms with van der Waals surface area (Å²) in [4.78, 5) is 32.3. The highest BCUT2D eigenvalue weighted by molar-refractivity contribution is 7.09. The molecule has 4 heterocycles. The van der Waals surface area contributed by atoms with Gasteiger partial charge >= 0.3 is 11.1 Å². The number of aryl methyl sites for hydroxylation is 1.